The fourth-order valence-electron chi connectivity index (χ4n) is 2.32. The van der Waals surface area contributed by atoms with Crippen LogP contribution in [-0.2, 0) is 6.54 Å². The van der Waals surface area contributed by atoms with E-state index in [1.807, 2.05) is 19.1 Å². The van der Waals surface area contributed by atoms with Gasteiger partial charge < -0.3 is 14.8 Å². The summed E-state index contributed by atoms with van der Waals surface area (Å²) in [4.78, 5) is 12.0. The average molecular weight is 421 g/mol. The van der Waals surface area contributed by atoms with Crippen molar-refractivity contribution in [2.45, 2.75) is 25.6 Å². The Kier molecular flexibility index (Phi) is 5.05. The van der Waals surface area contributed by atoms with Gasteiger partial charge in [-0.2, -0.15) is 13.2 Å². The van der Waals surface area contributed by atoms with Gasteiger partial charge in [-0.1, -0.05) is 53.0 Å². The molecule has 1 aliphatic heterocycles. The predicted molar refractivity (Wildman–Crippen MR) is 93.1 cm³/mol. The van der Waals surface area contributed by atoms with Crippen molar-refractivity contribution in [2.75, 3.05) is 0 Å². The summed E-state index contributed by atoms with van der Waals surface area (Å²) < 4.78 is 50.5. The van der Waals surface area contributed by atoms with Gasteiger partial charge in [-0.3, -0.25) is 5.32 Å². The average Bonchev–Trinajstić information content (AvgIpc) is 2.93. The zero-order valence-corrected chi connectivity index (χ0v) is 15.3. The topological polar surface area (TPSA) is 59.6 Å². The first-order valence-electron chi connectivity index (χ1n) is 7.65. The van der Waals surface area contributed by atoms with Crippen LogP contribution in [0.2, 0.25) is 10.0 Å². The number of benzene rings is 2. The number of rotatable bonds is 3. The van der Waals surface area contributed by atoms with Crippen LogP contribution >= 0.6 is 23.2 Å². The van der Waals surface area contributed by atoms with Gasteiger partial charge in [0.1, 0.15) is 0 Å². The maximum atomic E-state index is 13.6. The first kappa shape index (κ1) is 19.4. The SMILES string of the molecule is Cc1ccc(CNC(=O)NC2(C(F)(F)F)Oc3cc(Cl)c(Cl)cc3O2)cc1. The molecule has 0 spiro atoms. The number of hydrogen-bond acceptors (Lipinski definition) is 3. The van der Waals surface area contributed by atoms with Crippen molar-refractivity contribution in [3.8, 4) is 11.5 Å². The Hall–Kier alpha value is -2.32. The first-order valence-corrected chi connectivity index (χ1v) is 8.40. The van der Waals surface area contributed by atoms with Crippen LogP contribution in [0, 0.1) is 6.92 Å². The van der Waals surface area contributed by atoms with E-state index >= 15 is 0 Å². The van der Waals surface area contributed by atoms with Gasteiger partial charge in [0.25, 0.3) is 0 Å². The highest BCUT2D eigenvalue weighted by Crippen LogP contribution is 2.47. The van der Waals surface area contributed by atoms with E-state index in [0.29, 0.717) is 5.56 Å². The Bertz CT molecular complexity index is 842. The van der Waals surface area contributed by atoms with Crippen LogP contribution in [0.15, 0.2) is 36.4 Å². The van der Waals surface area contributed by atoms with Crippen molar-refractivity contribution >= 4 is 29.2 Å². The molecule has 1 heterocycles. The molecule has 0 atom stereocenters. The predicted octanol–water partition coefficient (Wildman–Crippen LogP) is 4.79. The van der Waals surface area contributed by atoms with Gasteiger partial charge >= 0.3 is 18.1 Å². The molecule has 2 amide bonds. The summed E-state index contributed by atoms with van der Waals surface area (Å²) in [5.41, 5.74) is 1.73. The number of amides is 2. The molecule has 3 rings (SSSR count). The molecule has 0 fully saturated rings. The lowest BCUT2D eigenvalue weighted by Crippen LogP contribution is -2.66. The zero-order valence-electron chi connectivity index (χ0n) is 13.8. The number of hydrogen-bond donors (Lipinski definition) is 2. The Morgan fingerprint density at radius 3 is 2.07 bits per heavy atom. The highest BCUT2D eigenvalue weighted by Gasteiger charge is 2.65. The zero-order chi connectivity index (χ0) is 19.8. The van der Waals surface area contributed by atoms with Crippen LogP contribution < -0.4 is 20.1 Å². The number of aryl methyl sites for hydroxylation is 1. The molecule has 27 heavy (non-hydrogen) atoms. The van der Waals surface area contributed by atoms with Crippen LogP contribution in [0.5, 0.6) is 11.5 Å². The smallest absolute Gasteiger partial charge is 0.424 e. The fraction of sp³-hybridized carbons (Fsp3) is 0.235. The molecule has 2 aromatic rings. The number of alkyl halides is 3. The van der Waals surface area contributed by atoms with Crippen LogP contribution in [-0.4, -0.2) is 18.1 Å². The lowest BCUT2D eigenvalue weighted by atomic mass is 10.1. The highest BCUT2D eigenvalue weighted by molar-refractivity contribution is 6.42. The van der Waals surface area contributed by atoms with Gasteiger partial charge in [0.2, 0.25) is 0 Å². The summed E-state index contributed by atoms with van der Waals surface area (Å²) in [6.45, 7) is 1.91. The minimum atomic E-state index is -5.08. The number of urea groups is 1. The molecular formula is C17H13Cl2F3N2O3. The molecule has 1 aliphatic rings. The highest BCUT2D eigenvalue weighted by atomic mass is 35.5. The summed E-state index contributed by atoms with van der Waals surface area (Å²) in [6.07, 6.45) is -5.08. The quantitative estimate of drug-likeness (QED) is 0.750. The standard InChI is InChI=1S/C17H13Cl2F3N2O3/c1-9-2-4-10(5-3-9)8-23-15(25)24-17(16(20,21)22)26-13-6-11(18)12(19)7-14(13)27-17/h2-7H,8H2,1H3,(H2,23,24,25). The van der Waals surface area contributed by atoms with Crippen LogP contribution in [0.3, 0.4) is 0 Å². The summed E-state index contributed by atoms with van der Waals surface area (Å²) in [7, 11) is 0. The maximum absolute atomic E-state index is 13.6. The third kappa shape index (κ3) is 4.01. The molecule has 0 saturated carbocycles. The van der Waals surface area contributed by atoms with E-state index in [9.17, 15) is 18.0 Å². The van der Waals surface area contributed by atoms with Crippen molar-refractivity contribution in [1.29, 1.82) is 0 Å². The molecule has 0 bridgehead atoms. The van der Waals surface area contributed by atoms with Gasteiger partial charge in [0.05, 0.1) is 10.0 Å². The summed E-state index contributed by atoms with van der Waals surface area (Å²) in [5, 5.41) is 4.00. The van der Waals surface area contributed by atoms with Crippen molar-refractivity contribution in [1.82, 2.24) is 10.6 Å². The largest absolute Gasteiger partial charge is 0.492 e. The number of nitrogens with one attached hydrogen (secondary N) is 2. The van der Waals surface area contributed by atoms with E-state index in [1.54, 1.807) is 17.4 Å². The lowest BCUT2D eigenvalue weighted by molar-refractivity contribution is -0.317. The van der Waals surface area contributed by atoms with Crippen molar-refractivity contribution in [3.05, 3.63) is 57.6 Å². The Labute approximate surface area is 162 Å². The number of carbonyl (C=O) groups excluding carboxylic acids is 1. The van der Waals surface area contributed by atoms with Gasteiger partial charge in [0, 0.05) is 18.7 Å². The number of ether oxygens (including phenoxy) is 2. The molecule has 144 valence electrons. The van der Waals surface area contributed by atoms with Crippen molar-refractivity contribution < 1.29 is 27.4 Å². The van der Waals surface area contributed by atoms with E-state index in [-0.39, 0.29) is 28.1 Å². The monoisotopic (exact) mass is 420 g/mol. The molecule has 10 heteroatoms. The van der Waals surface area contributed by atoms with E-state index in [2.05, 4.69) is 5.32 Å². The van der Waals surface area contributed by atoms with E-state index in [1.165, 1.54) is 0 Å². The number of fused-ring (bicyclic) bond motifs is 1. The van der Waals surface area contributed by atoms with Crippen molar-refractivity contribution in [2.24, 2.45) is 0 Å². The van der Waals surface area contributed by atoms with Crippen LogP contribution in [0.1, 0.15) is 11.1 Å². The molecule has 0 unspecified atom stereocenters. The summed E-state index contributed by atoms with van der Waals surface area (Å²) >= 11 is 11.6. The Balaban J connectivity index is 1.74. The molecule has 0 saturated heterocycles. The molecule has 0 aromatic heterocycles. The van der Waals surface area contributed by atoms with Gasteiger partial charge in [-0.25, -0.2) is 4.79 Å². The van der Waals surface area contributed by atoms with Gasteiger partial charge in [-0.05, 0) is 12.5 Å². The van der Waals surface area contributed by atoms with E-state index in [4.69, 9.17) is 32.7 Å². The third-order valence-corrected chi connectivity index (χ3v) is 4.44. The summed E-state index contributed by atoms with van der Waals surface area (Å²) in [6, 6.07) is 8.17. The number of halogens is 5. The minimum absolute atomic E-state index is 0.0131. The van der Waals surface area contributed by atoms with Gasteiger partial charge in [0.15, 0.2) is 11.5 Å². The summed E-state index contributed by atoms with van der Waals surface area (Å²) in [5.74, 6) is -3.97. The molecule has 0 aliphatic carbocycles. The van der Waals surface area contributed by atoms with Crippen molar-refractivity contribution in [3.63, 3.8) is 0 Å². The second kappa shape index (κ2) is 7.01. The minimum Gasteiger partial charge on any atom is -0.424 e. The fourth-order valence-corrected chi connectivity index (χ4v) is 2.63. The van der Waals surface area contributed by atoms with E-state index in [0.717, 1.165) is 17.7 Å². The molecule has 2 N–H and O–H groups in total. The van der Waals surface area contributed by atoms with Crippen LogP contribution in [0.4, 0.5) is 18.0 Å². The molecule has 2 aromatic carbocycles. The van der Waals surface area contributed by atoms with Gasteiger partial charge in [-0.15, -0.1) is 0 Å². The van der Waals surface area contributed by atoms with Crippen LogP contribution in [0.25, 0.3) is 0 Å². The normalized spacial score (nSPS) is 14.7. The second-order valence-corrected chi connectivity index (χ2v) is 6.64. The molecule has 5 nitrogen and oxygen atoms in total. The lowest BCUT2D eigenvalue weighted by Gasteiger charge is -2.29. The third-order valence-electron chi connectivity index (χ3n) is 3.72. The number of carbonyl (C=O) groups is 1. The Morgan fingerprint density at radius 1 is 1.07 bits per heavy atom. The molecular weight excluding hydrogens is 408 g/mol. The maximum Gasteiger partial charge on any atom is 0.492 e. The first-order chi connectivity index (χ1) is 12.6. The Morgan fingerprint density at radius 2 is 1.59 bits per heavy atom. The van der Waals surface area contributed by atoms with E-state index < -0.39 is 18.1 Å². The molecule has 0 radical (unpaired) electrons. The second-order valence-electron chi connectivity index (χ2n) is 5.82.